The zero-order valence-electron chi connectivity index (χ0n) is 13.7. The molecule has 0 amide bonds. The minimum atomic E-state index is 0.410. The van der Waals surface area contributed by atoms with Crippen LogP contribution in [0.3, 0.4) is 0 Å². The number of fused-ring (bicyclic) bond motifs is 1. The zero-order valence-corrected chi connectivity index (χ0v) is 13.7. The average Bonchev–Trinajstić information content (AvgIpc) is 3.21. The van der Waals surface area contributed by atoms with Crippen LogP contribution in [0.4, 0.5) is 0 Å². The number of aryl methyl sites for hydroxylation is 1. The number of hydrogen-bond donors (Lipinski definition) is 0. The normalized spacial score (nSPS) is 11.5. The van der Waals surface area contributed by atoms with Crippen molar-refractivity contribution in [2.75, 3.05) is 0 Å². The van der Waals surface area contributed by atoms with Crippen molar-refractivity contribution in [3.63, 3.8) is 0 Å². The summed E-state index contributed by atoms with van der Waals surface area (Å²) in [4.78, 5) is 13.2. The molecule has 4 rings (SSSR count). The van der Waals surface area contributed by atoms with E-state index in [9.17, 15) is 0 Å². The van der Waals surface area contributed by atoms with Crippen molar-refractivity contribution < 1.29 is 0 Å². The van der Waals surface area contributed by atoms with Gasteiger partial charge in [-0.25, -0.2) is 24.1 Å². The Balaban J connectivity index is 1.80. The average molecular weight is 319 g/mol. The van der Waals surface area contributed by atoms with E-state index in [2.05, 4.69) is 40.2 Å². The van der Waals surface area contributed by atoms with E-state index in [1.165, 1.54) is 5.56 Å². The first-order chi connectivity index (χ1) is 11.6. The molecular weight excluding hydrogens is 302 g/mol. The third-order valence-corrected chi connectivity index (χ3v) is 3.99. The Morgan fingerprint density at radius 2 is 1.79 bits per heavy atom. The van der Waals surface area contributed by atoms with Crippen LogP contribution in [0.5, 0.6) is 0 Å². The maximum absolute atomic E-state index is 4.75. The Morgan fingerprint density at radius 1 is 1.00 bits per heavy atom. The molecule has 0 N–H and O–H groups in total. The van der Waals surface area contributed by atoms with E-state index in [0.717, 1.165) is 22.5 Å². The highest BCUT2D eigenvalue weighted by Crippen LogP contribution is 2.26. The molecule has 0 atom stereocenters. The quantitative estimate of drug-likeness (QED) is 0.580. The standard InChI is InChI=1S/C17H17N7/c1-11(2)15-10-23-16(22-12(15)3)14(8-21-23)13-7-20-24(9-13)17-18-5-4-6-19-17/h4-11H,1-3H3. The predicted molar refractivity (Wildman–Crippen MR) is 90.0 cm³/mol. The molecule has 4 heterocycles. The second-order valence-electron chi connectivity index (χ2n) is 5.99. The molecule has 120 valence electrons. The van der Waals surface area contributed by atoms with Crippen molar-refractivity contribution in [2.45, 2.75) is 26.7 Å². The van der Waals surface area contributed by atoms with E-state index >= 15 is 0 Å². The Morgan fingerprint density at radius 3 is 2.54 bits per heavy atom. The van der Waals surface area contributed by atoms with Crippen LogP contribution in [-0.2, 0) is 0 Å². The Labute approximate surface area is 139 Å². The van der Waals surface area contributed by atoms with Gasteiger partial charge in [-0.2, -0.15) is 10.2 Å². The van der Waals surface area contributed by atoms with Crippen LogP contribution in [0.1, 0.15) is 31.0 Å². The maximum atomic E-state index is 4.75. The van der Waals surface area contributed by atoms with Gasteiger partial charge >= 0.3 is 0 Å². The van der Waals surface area contributed by atoms with E-state index in [1.807, 2.05) is 23.8 Å². The Bertz CT molecular complexity index is 998. The number of rotatable bonds is 3. The summed E-state index contributed by atoms with van der Waals surface area (Å²) in [6.07, 6.45) is 10.9. The minimum Gasteiger partial charge on any atom is -0.233 e. The van der Waals surface area contributed by atoms with Gasteiger partial charge in [0.05, 0.1) is 12.4 Å². The summed E-state index contributed by atoms with van der Waals surface area (Å²) < 4.78 is 3.47. The zero-order chi connectivity index (χ0) is 16.7. The number of nitrogens with zero attached hydrogens (tertiary/aromatic N) is 7. The van der Waals surface area contributed by atoms with Crippen LogP contribution in [0, 0.1) is 6.92 Å². The first kappa shape index (κ1) is 14.5. The van der Waals surface area contributed by atoms with E-state index in [-0.39, 0.29) is 0 Å². The third-order valence-electron chi connectivity index (χ3n) is 3.99. The van der Waals surface area contributed by atoms with E-state index in [0.29, 0.717) is 11.9 Å². The predicted octanol–water partition coefficient (Wildman–Crippen LogP) is 2.80. The molecule has 4 aromatic rings. The van der Waals surface area contributed by atoms with Gasteiger partial charge in [0.2, 0.25) is 5.95 Å². The SMILES string of the molecule is Cc1nc2c(-c3cnn(-c4ncccn4)c3)cnn2cc1C(C)C. The molecule has 0 aliphatic rings. The van der Waals surface area contributed by atoms with Crippen molar-refractivity contribution in [1.82, 2.24) is 34.3 Å². The molecule has 0 radical (unpaired) electrons. The van der Waals surface area contributed by atoms with Gasteiger partial charge < -0.3 is 0 Å². The lowest BCUT2D eigenvalue weighted by Gasteiger charge is -2.09. The molecular formula is C17H17N7. The number of aromatic nitrogens is 7. The van der Waals surface area contributed by atoms with Crippen LogP contribution in [0.2, 0.25) is 0 Å². The fraction of sp³-hybridized carbons (Fsp3) is 0.235. The summed E-state index contributed by atoms with van der Waals surface area (Å²) in [6.45, 7) is 6.35. The first-order valence-corrected chi connectivity index (χ1v) is 7.81. The molecule has 0 saturated heterocycles. The van der Waals surface area contributed by atoms with Gasteiger partial charge in [0.1, 0.15) is 0 Å². The van der Waals surface area contributed by atoms with E-state index in [1.54, 1.807) is 29.3 Å². The molecule has 0 aliphatic heterocycles. The van der Waals surface area contributed by atoms with Crippen LogP contribution < -0.4 is 0 Å². The molecule has 0 saturated carbocycles. The lowest BCUT2D eigenvalue weighted by molar-refractivity contribution is 0.806. The van der Waals surface area contributed by atoms with Crippen molar-refractivity contribution in [3.05, 3.63) is 54.5 Å². The van der Waals surface area contributed by atoms with E-state index < -0.39 is 0 Å². The molecule has 24 heavy (non-hydrogen) atoms. The van der Waals surface area contributed by atoms with Gasteiger partial charge in [0, 0.05) is 41.6 Å². The van der Waals surface area contributed by atoms with Gasteiger partial charge in [0.25, 0.3) is 0 Å². The second-order valence-corrected chi connectivity index (χ2v) is 5.99. The molecule has 0 bridgehead atoms. The van der Waals surface area contributed by atoms with Crippen molar-refractivity contribution >= 4 is 5.65 Å². The summed E-state index contributed by atoms with van der Waals surface area (Å²) in [6, 6.07) is 1.78. The van der Waals surface area contributed by atoms with Crippen LogP contribution in [-0.4, -0.2) is 34.3 Å². The molecule has 4 aromatic heterocycles. The highest BCUT2D eigenvalue weighted by molar-refractivity contribution is 5.76. The molecule has 0 aliphatic carbocycles. The topological polar surface area (TPSA) is 73.8 Å². The smallest absolute Gasteiger partial charge is 0.233 e. The fourth-order valence-corrected chi connectivity index (χ4v) is 2.76. The van der Waals surface area contributed by atoms with Crippen molar-refractivity contribution in [3.8, 4) is 17.1 Å². The van der Waals surface area contributed by atoms with E-state index in [4.69, 9.17) is 4.98 Å². The molecule has 7 heteroatoms. The van der Waals surface area contributed by atoms with Gasteiger partial charge in [-0.05, 0) is 24.5 Å². The molecule has 7 nitrogen and oxygen atoms in total. The minimum absolute atomic E-state index is 0.410. The van der Waals surface area contributed by atoms with Crippen molar-refractivity contribution in [2.24, 2.45) is 0 Å². The van der Waals surface area contributed by atoms with Gasteiger partial charge in [-0.15, -0.1) is 0 Å². The van der Waals surface area contributed by atoms with Gasteiger partial charge in [-0.1, -0.05) is 13.8 Å². The molecule has 0 unspecified atom stereocenters. The third kappa shape index (κ3) is 2.34. The fourth-order valence-electron chi connectivity index (χ4n) is 2.76. The second kappa shape index (κ2) is 5.52. The summed E-state index contributed by atoms with van der Waals surface area (Å²) in [7, 11) is 0. The summed E-state index contributed by atoms with van der Waals surface area (Å²) in [5.41, 5.74) is 4.92. The Hall–Kier alpha value is -3.09. The first-order valence-electron chi connectivity index (χ1n) is 7.81. The van der Waals surface area contributed by atoms with Crippen LogP contribution in [0.15, 0.2) is 43.2 Å². The van der Waals surface area contributed by atoms with Gasteiger partial charge in [0.15, 0.2) is 5.65 Å². The largest absolute Gasteiger partial charge is 0.250 e. The monoisotopic (exact) mass is 319 g/mol. The molecule has 0 aromatic carbocycles. The van der Waals surface area contributed by atoms with Gasteiger partial charge in [-0.3, -0.25) is 0 Å². The number of hydrogen-bond acceptors (Lipinski definition) is 5. The highest BCUT2D eigenvalue weighted by Gasteiger charge is 2.14. The summed E-state index contributed by atoms with van der Waals surface area (Å²) in [5, 5.41) is 8.79. The lowest BCUT2D eigenvalue weighted by Crippen LogP contribution is -2.01. The molecule has 0 spiro atoms. The van der Waals surface area contributed by atoms with Crippen LogP contribution >= 0.6 is 0 Å². The summed E-state index contributed by atoms with van der Waals surface area (Å²) in [5.74, 6) is 0.944. The molecule has 0 fully saturated rings. The Kier molecular flexibility index (Phi) is 3.34. The summed E-state index contributed by atoms with van der Waals surface area (Å²) >= 11 is 0. The lowest BCUT2D eigenvalue weighted by atomic mass is 10.0. The highest BCUT2D eigenvalue weighted by atomic mass is 15.3. The maximum Gasteiger partial charge on any atom is 0.250 e. The van der Waals surface area contributed by atoms with Crippen molar-refractivity contribution in [1.29, 1.82) is 0 Å². The van der Waals surface area contributed by atoms with Crippen LogP contribution in [0.25, 0.3) is 22.7 Å².